The molecule has 3 rings (SSSR count). The average Bonchev–Trinajstić information content (AvgIpc) is 3.26. The minimum Gasteiger partial charge on any atom is -0.347 e. The fourth-order valence-corrected chi connectivity index (χ4v) is 2.67. The lowest BCUT2D eigenvalue weighted by atomic mass is 10.0. The number of H-pyrrole nitrogens is 1. The second-order valence-corrected chi connectivity index (χ2v) is 5.98. The predicted octanol–water partition coefficient (Wildman–Crippen LogP) is 2.36. The van der Waals surface area contributed by atoms with Gasteiger partial charge in [-0.25, -0.2) is 4.98 Å². The van der Waals surface area contributed by atoms with E-state index < -0.39 is 0 Å². The van der Waals surface area contributed by atoms with Gasteiger partial charge >= 0.3 is 0 Å². The van der Waals surface area contributed by atoms with Gasteiger partial charge in [0.1, 0.15) is 5.82 Å². The lowest BCUT2D eigenvalue weighted by Gasteiger charge is -2.19. The van der Waals surface area contributed by atoms with E-state index in [1.807, 2.05) is 19.1 Å². The Labute approximate surface area is 133 Å². The molecule has 22 heavy (non-hydrogen) atoms. The van der Waals surface area contributed by atoms with Gasteiger partial charge in [0.25, 0.3) is 0 Å². The minimum atomic E-state index is -0.00512. The topological polar surface area (TPSA) is 83.6 Å². The van der Waals surface area contributed by atoms with Crippen LogP contribution in [0.5, 0.6) is 0 Å². The number of hydrogen-bond acceptors (Lipinski definition) is 4. The van der Waals surface area contributed by atoms with Gasteiger partial charge in [0.2, 0.25) is 11.2 Å². The first kappa shape index (κ1) is 15.0. The molecular weight excluding hydrogens is 302 g/mol. The van der Waals surface area contributed by atoms with Crippen molar-refractivity contribution in [3.63, 3.8) is 0 Å². The van der Waals surface area contributed by atoms with Crippen molar-refractivity contribution in [1.82, 2.24) is 25.5 Å². The number of aryl methyl sites for hydroxylation is 2. The van der Waals surface area contributed by atoms with E-state index in [-0.39, 0.29) is 17.2 Å². The number of halogens is 1. The second-order valence-electron chi connectivity index (χ2n) is 5.64. The summed E-state index contributed by atoms with van der Waals surface area (Å²) >= 11 is 5.65. The van der Waals surface area contributed by atoms with E-state index in [0.717, 1.165) is 24.1 Å². The quantitative estimate of drug-likeness (QED) is 0.856. The number of nitrogens with zero attached hydrogens (tertiary/aromatic N) is 3. The maximum absolute atomic E-state index is 12.2. The summed E-state index contributed by atoms with van der Waals surface area (Å²) < 4.78 is 0. The summed E-state index contributed by atoms with van der Waals surface area (Å²) in [5.41, 5.74) is 2.09. The summed E-state index contributed by atoms with van der Waals surface area (Å²) in [4.78, 5) is 20.7. The monoisotopic (exact) mass is 319 g/mol. The summed E-state index contributed by atoms with van der Waals surface area (Å²) in [6, 6.07) is 3.95. The molecule has 1 aliphatic rings. The first-order chi connectivity index (χ1) is 10.6. The molecule has 1 aliphatic carbocycles. The molecule has 1 saturated carbocycles. The van der Waals surface area contributed by atoms with Crippen molar-refractivity contribution >= 4 is 17.5 Å². The molecule has 0 spiro atoms. The molecule has 0 radical (unpaired) electrons. The largest absolute Gasteiger partial charge is 0.347 e. The van der Waals surface area contributed by atoms with Gasteiger partial charge in [-0.3, -0.25) is 14.9 Å². The molecule has 1 amide bonds. The highest BCUT2D eigenvalue weighted by molar-refractivity contribution is 6.28. The number of amides is 1. The van der Waals surface area contributed by atoms with Crippen LogP contribution in [-0.4, -0.2) is 26.1 Å². The van der Waals surface area contributed by atoms with Crippen molar-refractivity contribution < 1.29 is 4.79 Å². The van der Waals surface area contributed by atoms with Gasteiger partial charge in [-0.15, -0.1) is 5.10 Å². The molecule has 2 heterocycles. The lowest BCUT2D eigenvalue weighted by Crippen LogP contribution is -2.31. The third-order valence-electron chi connectivity index (χ3n) is 3.85. The summed E-state index contributed by atoms with van der Waals surface area (Å²) in [6.07, 6.45) is 4.89. The van der Waals surface area contributed by atoms with Gasteiger partial charge in [-0.05, 0) is 48.9 Å². The molecule has 0 saturated heterocycles. The third kappa shape index (κ3) is 3.62. The predicted molar refractivity (Wildman–Crippen MR) is 82.3 cm³/mol. The molecule has 116 valence electrons. The molecular formula is C15H18ClN5O. The minimum absolute atomic E-state index is 0.00512. The van der Waals surface area contributed by atoms with Crippen LogP contribution in [0.25, 0.3) is 0 Å². The molecule has 2 aromatic heterocycles. The van der Waals surface area contributed by atoms with E-state index >= 15 is 0 Å². The van der Waals surface area contributed by atoms with Crippen molar-refractivity contribution in [3.05, 3.63) is 40.7 Å². The maximum Gasteiger partial charge on any atom is 0.242 e. The first-order valence-corrected chi connectivity index (χ1v) is 7.79. The van der Waals surface area contributed by atoms with Crippen molar-refractivity contribution in [2.45, 2.75) is 38.6 Å². The smallest absolute Gasteiger partial charge is 0.242 e. The zero-order valence-electron chi connectivity index (χ0n) is 12.3. The fourth-order valence-electron chi connectivity index (χ4n) is 2.52. The summed E-state index contributed by atoms with van der Waals surface area (Å²) in [5, 5.41) is 9.74. The summed E-state index contributed by atoms with van der Waals surface area (Å²) in [5.74, 6) is 1.11. The van der Waals surface area contributed by atoms with Crippen LogP contribution >= 0.6 is 11.6 Å². The van der Waals surface area contributed by atoms with Crippen molar-refractivity contribution in [1.29, 1.82) is 0 Å². The number of aromatic amines is 1. The fraction of sp³-hybridized carbons (Fsp3) is 0.467. The first-order valence-electron chi connectivity index (χ1n) is 7.41. The van der Waals surface area contributed by atoms with Crippen LogP contribution in [0.15, 0.2) is 18.3 Å². The average molecular weight is 320 g/mol. The van der Waals surface area contributed by atoms with Crippen molar-refractivity contribution in [3.8, 4) is 0 Å². The summed E-state index contributed by atoms with van der Waals surface area (Å²) in [6.45, 7) is 2.03. The van der Waals surface area contributed by atoms with Gasteiger partial charge in [0.15, 0.2) is 0 Å². The Kier molecular flexibility index (Phi) is 4.38. The zero-order valence-corrected chi connectivity index (χ0v) is 13.1. The molecule has 0 aliphatic heterocycles. The SMILES string of the molecule is Cc1cccnc1[C@H](NC(=O)CCc1nc(Cl)n[nH]1)C1CC1. The van der Waals surface area contributed by atoms with E-state index in [2.05, 4.69) is 25.5 Å². The number of aromatic nitrogens is 4. The van der Waals surface area contributed by atoms with Crippen LogP contribution in [0.2, 0.25) is 5.28 Å². The van der Waals surface area contributed by atoms with E-state index in [0.29, 0.717) is 24.6 Å². The number of pyridine rings is 1. The van der Waals surface area contributed by atoms with E-state index in [1.165, 1.54) is 0 Å². The Bertz CT molecular complexity index is 667. The van der Waals surface area contributed by atoms with E-state index in [9.17, 15) is 4.79 Å². The Hall–Kier alpha value is -1.95. The molecule has 1 atom stereocenters. The Morgan fingerprint density at radius 3 is 3.00 bits per heavy atom. The van der Waals surface area contributed by atoms with Crippen LogP contribution in [0.1, 0.15) is 42.4 Å². The number of carbonyl (C=O) groups excluding carboxylic acids is 1. The number of hydrogen-bond donors (Lipinski definition) is 2. The Balaban J connectivity index is 1.61. The third-order valence-corrected chi connectivity index (χ3v) is 4.02. The molecule has 2 N–H and O–H groups in total. The van der Waals surface area contributed by atoms with Gasteiger partial charge in [-0.2, -0.15) is 0 Å². The normalized spacial score (nSPS) is 15.5. The molecule has 1 fully saturated rings. The Morgan fingerprint density at radius 2 is 2.36 bits per heavy atom. The highest BCUT2D eigenvalue weighted by Gasteiger charge is 2.34. The summed E-state index contributed by atoms with van der Waals surface area (Å²) in [7, 11) is 0. The maximum atomic E-state index is 12.2. The van der Waals surface area contributed by atoms with Crippen molar-refractivity contribution in [2.75, 3.05) is 0 Å². The number of rotatable bonds is 6. The highest BCUT2D eigenvalue weighted by Crippen LogP contribution is 2.41. The van der Waals surface area contributed by atoms with Crippen LogP contribution in [0, 0.1) is 12.8 Å². The second kappa shape index (κ2) is 6.44. The van der Waals surface area contributed by atoms with Crippen LogP contribution in [0.4, 0.5) is 0 Å². The van der Waals surface area contributed by atoms with Gasteiger partial charge in [0, 0.05) is 19.0 Å². The molecule has 7 heteroatoms. The number of carbonyl (C=O) groups is 1. The van der Waals surface area contributed by atoms with Gasteiger partial charge in [0.05, 0.1) is 11.7 Å². The highest BCUT2D eigenvalue weighted by atomic mass is 35.5. The van der Waals surface area contributed by atoms with Gasteiger partial charge < -0.3 is 5.32 Å². The zero-order chi connectivity index (χ0) is 15.5. The van der Waals surface area contributed by atoms with E-state index in [1.54, 1.807) is 6.20 Å². The molecule has 6 nitrogen and oxygen atoms in total. The number of nitrogens with one attached hydrogen (secondary N) is 2. The Morgan fingerprint density at radius 1 is 1.55 bits per heavy atom. The molecule has 0 aromatic carbocycles. The van der Waals surface area contributed by atoms with Gasteiger partial charge in [-0.1, -0.05) is 6.07 Å². The van der Waals surface area contributed by atoms with Crippen LogP contribution in [0.3, 0.4) is 0 Å². The molecule has 0 unspecified atom stereocenters. The van der Waals surface area contributed by atoms with Crippen LogP contribution < -0.4 is 5.32 Å². The standard InChI is InChI=1S/C15H18ClN5O/c1-9-3-2-8-17-13(9)14(10-4-5-10)19-12(22)7-6-11-18-15(16)21-20-11/h2-3,8,10,14H,4-7H2,1H3,(H,19,22)(H,18,20,21)/t14-/m1/s1. The van der Waals surface area contributed by atoms with E-state index in [4.69, 9.17) is 11.6 Å². The molecule has 0 bridgehead atoms. The van der Waals surface area contributed by atoms with Crippen molar-refractivity contribution in [2.24, 2.45) is 5.92 Å². The lowest BCUT2D eigenvalue weighted by molar-refractivity contribution is -0.122. The molecule has 2 aromatic rings. The van der Waals surface area contributed by atoms with Crippen LogP contribution in [-0.2, 0) is 11.2 Å².